The van der Waals surface area contributed by atoms with Crippen molar-refractivity contribution >= 4 is 34.9 Å². The lowest BCUT2D eigenvalue weighted by molar-refractivity contribution is 0.0526. The van der Waals surface area contributed by atoms with Gasteiger partial charge in [0.05, 0.1) is 7.11 Å². The molecule has 0 aliphatic heterocycles. The molecular formula is C20H18ClN5O4. The van der Waals surface area contributed by atoms with Crippen LogP contribution in [0, 0.1) is 6.92 Å². The van der Waals surface area contributed by atoms with E-state index >= 15 is 0 Å². The Labute approximate surface area is 177 Å². The molecule has 3 amide bonds. The zero-order valence-corrected chi connectivity index (χ0v) is 16.9. The van der Waals surface area contributed by atoms with E-state index in [0.717, 1.165) is 5.56 Å². The molecule has 10 heteroatoms. The number of carbonyl (C=O) groups excluding carboxylic acids is 2. The highest BCUT2D eigenvalue weighted by atomic mass is 35.5. The van der Waals surface area contributed by atoms with Crippen LogP contribution in [0.3, 0.4) is 0 Å². The van der Waals surface area contributed by atoms with Gasteiger partial charge in [-0.2, -0.15) is 4.98 Å². The molecule has 1 heterocycles. The number of aromatic nitrogens is 2. The zero-order valence-electron chi connectivity index (χ0n) is 16.1. The smallest absolute Gasteiger partial charge is 0.323 e. The van der Waals surface area contributed by atoms with Crippen LogP contribution in [-0.4, -0.2) is 29.0 Å². The molecule has 0 bridgehead atoms. The molecule has 0 fully saturated rings. The predicted octanol–water partition coefficient (Wildman–Crippen LogP) is 4.17. The maximum Gasteiger partial charge on any atom is 0.323 e. The van der Waals surface area contributed by atoms with Gasteiger partial charge in [0.15, 0.2) is 0 Å². The van der Waals surface area contributed by atoms with Crippen LogP contribution >= 0.6 is 11.6 Å². The Morgan fingerprint density at radius 3 is 2.53 bits per heavy atom. The summed E-state index contributed by atoms with van der Waals surface area (Å²) in [6, 6.07) is 13.0. The fourth-order valence-electron chi connectivity index (χ4n) is 2.42. The van der Waals surface area contributed by atoms with Gasteiger partial charge in [-0.15, -0.1) is 0 Å². The second-order valence-corrected chi connectivity index (χ2v) is 6.43. The highest BCUT2D eigenvalue weighted by molar-refractivity contribution is 6.31. The van der Waals surface area contributed by atoms with Gasteiger partial charge in [-0.3, -0.25) is 9.63 Å². The molecule has 3 aromatic rings. The molecule has 0 radical (unpaired) electrons. The lowest BCUT2D eigenvalue weighted by Crippen LogP contribution is -2.24. The summed E-state index contributed by atoms with van der Waals surface area (Å²) in [5.74, 6) is -0.148. The minimum absolute atomic E-state index is 0.110. The first-order valence-electron chi connectivity index (χ1n) is 8.73. The standard InChI is InChI=1S/C20H18ClN5O4/c1-12-10-14(6-7-16(12)21)24-20(28)23-13-4-3-5-15(11-13)30-17-8-9-22-18(25-17)19(27)26-29-2/h3-11H,1-2H3,(H,26,27)(H2,23,24,28). The van der Waals surface area contributed by atoms with Crippen LogP contribution in [0.4, 0.5) is 16.2 Å². The molecule has 1 aromatic heterocycles. The molecule has 3 rings (SSSR count). The first kappa shape index (κ1) is 21.0. The molecule has 0 saturated heterocycles. The van der Waals surface area contributed by atoms with Gasteiger partial charge in [-0.25, -0.2) is 15.3 Å². The molecule has 30 heavy (non-hydrogen) atoms. The quantitative estimate of drug-likeness (QED) is 0.509. The number of nitrogens with one attached hydrogen (secondary N) is 3. The number of ether oxygens (including phenoxy) is 1. The summed E-state index contributed by atoms with van der Waals surface area (Å²) in [5, 5.41) is 6.08. The number of urea groups is 1. The van der Waals surface area contributed by atoms with E-state index in [2.05, 4.69) is 30.9 Å². The highest BCUT2D eigenvalue weighted by Crippen LogP contribution is 2.23. The average Bonchev–Trinajstić information content (AvgIpc) is 2.71. The molecule has 9 nitrogen and oxygen atoms in total. The van der Waals surface area contributed by atoms with Crippen molar-refractivity contribution < 1.29 is 19.2 Å². The van der Waals surface area contributed by atoms with E-state index in [1.165, 1.54) is 19.4 Å². The predicted molar refractivity (Wildman–Crippen MR) is 112 cm³/mol. The Kier molecular flexibility index (Phi) is 6.79. The highest BCUT2D eigenvalue weighted by Gasteiger charge is 2.11. The van der Waals surface area contributed by atoms with Crippen LogP contribution < -0.4 is 20.9 Å². The molecule has 3 N–H and O–H groups in total. The largest absolute Gasteiger partial charge is 0.439 e. The minimum atomic E-state index is -0.604. The van der Waals surface area contributed by atoms with Gasteiger partial charge < -0.3 is 15.4 Å². The third kappa shape index (κ3) is 5.66. The number of hydrogen-bond donors (Lipinski definition) is 3. The van der Waals surface area contributed by atoms with Gasteiger partial charge in [0.25, 0.3) is 0 Å². The van der Waals surface area contributed by atoms with Crippen molar-refractivity contribution in [2.24, 2.45) is 0 Å². The van der Waals surface area contributed by atoms with Crippen molar-refractivity contribution in [2.45, 2.75) is 6.92 Å². The molecule has 0 atom stereocenters. The number of halogens is 1. The lowest BCUT2D eigenvalue weighted by atomic mass is 10.2. The van der Waals surface area contributed by atoms with E-state index in [9.17, 15) is 9.59 Å². The summed E-state index contributed by atoms with van der Waals surface area (Å²) in [7, 11) is 1.31. The van der Waals surface area contributed by atoms with E-state index < -0.39 is 11.9 Å². The van der Waals surface area contributed by atoms with Gasteiger partial charge in [0.2, 0.25) is 11.7 Å². The van der Waals surface area contributed by atoms with E-state index in [1.807, 2.05) is 6.92 Å². The van der Waals surface area contributed by atoms with Gasteiger partial charge in [-0.1, -0.05) is 17.7 Å². The fraction of sp³-hybridized carbons (Fsp3) is 0.100. The molecule has 0 saturated carbocycles. The van der Waals surface area contributed by atoms with Crippen molar-refractivity contribution in [2.75, 3.05) is 17.7 Å². The van der Waals surface area contributed by atoms with Crippen LogP contribution in [0.5, 0.6) is 11.6 Å². The molecule has 0 spiro atoms. The Bertz CT molecular complexity index is 1080. The lowest BCUT2D eigenvalue weighted by Gasteiger charge is -2.10. The third-order valence-corrected chi connectivity index (χ3v) is 4.18. The summed E-state index contributed by atoms with van der Waals surface area (Å²) >= 11 is 5.99. The van der Waals surface area contributed by atoms with Gasteiger partial charge in [-0.05, 0) is 42.8 Å². The Morgan fingerprint density at radius 1 is 1.03 bits per heavy atom. The Morgan fingerprint density at radius 2 is 1.80 bits per heavy atom. The van der Waals surface area contributed by atoms with Crippen molar-refractivity contribution in [1.82, 2.24) is 15.4 Å². The van der Waals surface area contributed by atoms with Gasteiger partial charge in [0, 0.05) is 34.7 Å². The van der Waals surface area contributed by atoms with Crippen molar-refractivity contribution in [3.8, 4) is 11.6 Å². The molecule has 0 aliphatic carbocycles. The number of carbonyl (C=O) groups is 2. The summed E-state index contributed by atoms with van der Waals surface area (Å²) in [6.45, 7) is 1.85. The number of hydroxylamine groups is 1. The fourth-order valence-corrected chi connectivity index (χ4v) is 2.54. The van der Waals surface area contributed by atoms with Crippen molar-refractivity contribution in [3.63, 3.8) is 0 Å². The normalized spacial score (nSPS) is 10.2. The van der Waals surface area contributed by atoms with E-state index in [0.29, 0.717) is 22.1 Å². The zero-order chi connectivity index (χ0) is 21.5. The third-order valence-electron chi connectivity index (χ3n) is 3.76. The van der Waals surface area contributed by atoms with Crippen LogP contribution in [0.25, 0.3) is 0 Å². The molecule has 0 aliphatic rings. The van der Waals surface area contributed by atoms with Crippen LogP contribution in [0.2, 0.25) is 5.02 Å². The van der Waals surface area contributed by atoms with Crippen molar-refractivity contribution in [1.29, 1.82) is 0 Å². The molecule has 154 valence electrons. The summed E-state index contributed by atoms with van der Waals surface area (Å²) < 4.78 is 5.66. The number of amides is 3. The topological polar surface area (TPSA) is 114 Å². The number of hydrogen-bond acceptors (Lipinski definition) is 6. The SMILES string of the molecule is CONC(=O)c1nccc(Oc2cccc(NC(=O)Nc3ccc(Cl)c(C)c3)c2)n1. The monoisotopic (exact) mass is 427 g/mol. The summed E-state index contributed by atoms with van der Waals surface area (Å²) in [4.78, 5) is 36.4. The number of aryl methyl sites for hydroxylation is 1. The molecular weight excluding hydrogens is 410 g/mol. The van der Waals surface area contributed by atoms with Crippen LogP contribution in [-0.2, 0) is 4.84 Å². The first-order chi connectivity index (χ1) is 14.4. The number of benzene rings is 2. The van der Waals surface area contributed by atoms with Crippen LogP contribution in [0.15, 0.2) is 54.7 Å². The van der Waals surface area contributed by atoms with Gasteiger partial charge >= 0.3 is 11.9 Å². The minimum Gasteiger partial charge on any atom is -0.439 e. The van der Waals surface area contributed by atoms with E-state index in [4.69, 9.17) is 16.3 Å². The maximum absolute atomic E-state index is 12.3. The number of rotatable bonds is 6. The van der Waals surface area contributed by atoms with Gasteiger partial charge in [0.1, 0.15) is 5.75 Å². The maximum atomic E-state index is 12.3. The Hall–Kier alpha value is -3.69. The second kappa shape index (κ2) is 9.68. The van der Waals surface area contributed by atoms with Crippen LogP contribution in [0.1, 0.15) is 16.2 Å². The van der Waals surface area contributed by atoms with E-state index in [1.54, 1.807) is 42.5 Å². The Balaban J connectivity index is 1.66. The average molecular weight is 428 g/mol. The first-order valence-corrected chi connectivity index (χ1v) is 9.11. The van der Waals surface area contributed by atoms with Crippen molar-refractivity contribution in [3.05, 3.63) is 71.1 Å². The number of nitrogens with zero attached hydrogens (tertiary/aromatic N) is 2. The summed E-state index contributed by atoms with van der Waals surface area (Å²) in [5.41, 5.74) is 4.10. The second-order valence-electron chi connectivity index (χ2n) is 6.03. The van der Waals surface area contributed by atoms with E-state index in [-0.39, 0.29) is 11.7 Å². The summed E-state index contributed by atoms with van der Waals surface area (Å²) in [6.07, 6.45) is 1.39. The number of anilines is 2. The molecule has 0 unspecified atom stereocenters. The molecule has 2 aromatic carbocycles.